The molecule has 1 aliphatic heterocycles. The van der Waals surface area contributed by atoms with Crippen molar-refractivity contribution in [3.8, 4) is 0 Å². The summed E-state index contributed by atoms with van der Waals surface area (Å²) in [7, 11) is 0. The average molecular weight is 361 g/mol. The second-order valence-electron chi connectivity index (χ2n) is 6.30. The predicted molar refractivity (Wildman–Crippen MR) is 97.6 cm³/mol. The van der Waals surface area contributed by atoms with Crippen LogP contribution >= 0.6 is 11.6 Å². The van der Waals surface area contributed by atoms with Gasteiger partial charge in [0.25, 0.3) is 5.91 Å². The second kappa shape index (κ2) is 6.88. The Labute approximate surface area is 151 Å². The molecule has 0 aliphatic carbocycles. The lowest BCUT2D eigenvalue weighted by Crippen LogP contribution is -2.49. The Morgan fingerprint density at radius 1 is 1.16 bits per heavy atom. The van der Waals surface area contributed by atoms with Crippen molar-refractivity contribution in [2.75, 3.05) is 31.1 Å². The Morgan fingerprint density at radius 3 is 2.36 bits per heavy atom. The number of piperazine rings is 1. The molecule has 0 saturated carbocycles. The molecule has 0 unspecified atom stereocenters. The Balaban J connectivity index is 1.72. The number of ketones is 1. The van der Waals surface area contributed by atoms with Crippen LogP contribution in [-0.2, 0) is 0 Å². The van der Waals surface area contributed by atoms with Crippen molar-refractivity contribution in [1.82, 2.24) is 14.9 Å². The highest BCUT2D eigenvalue weighted by molar-refractivity contribution is 6.30. The minimum absolute atomic E-state index is 0.0255. The van der Waals surface area contributed by atoms with Gasteiger partial charge in [-0.05, 0) is 31.5 Å². The van der Waals surface area contributed by atoms with E-state index in [0.29, 0.717) is 42.5 Å². The third kappa shape index (κ3) is 3.39. The number of rotatable bonds is 3. The van der Waals surface area contributed by atoms with E-state index < -0.39 is 0 Å². The summed E-state index contributed by atoms with van der Waals surface area (Å²) in [6.45, 7) is 7.81. The molecule has 1 N–H and O–H groups in total. The number of aromatic amines is 1. The lowest BCUT2D eigenvalue weighted by atomic mass is 10.1. The first-order valence-corrected chi connectivity index (χ1v) is 8.62. The number of anilines is 1. The number of hydrogen-bond acceptors (Lipinski definition) is 4. The molecule has 1 fully saturated rings. The second-order valence-corrected chi connectivity index (χ2v) is 6.73. The van der Waals surface area contributed by atoms with Gasteiger partial charge in [0.05, 0.1) is 16.3 Å². The van der Waals surface area contributed by atoms with Crippen LogP contribution in [0, 0.1) is 13.8 Å². The lowest BCUT2D eigenvalue weighted by molar-refractivity contribution is 0.0745. The quantitative estimate of drug-likeness (QED) is 0.854. The van der Waals surface area contributed by atoms with E-state index in [2.05, 4.69) is 14.9 Å². The molecule has 0 spiro atoms. The maximum Gasteiger partial charge on any atom is 0.256 e. The molecule has 0 radical (unpaired) electrons. The van der Waals surface area contributed by atoms with Crippen LogP contribution in [0.25, 0.3) is 0 Å². The van der Waals surface area contributed by atoms with E-state index >= 15 is 0 Å². The number of pyridine rings is 1. The number of H-pyrrole nitrogens is 1. The molecule has 1 aliphatic rings. The van der Waals surface area contributed by atoms with Crippen LogP contribution in [0.2, 0.25) is 5.02 Å². The van der Waals surface area contributed by atoms with Gasteiger partial charge >= 0.3 is 0 Å². The molecule has 6 nitrogen and oxygen atoms in total. The summed E-state index contributed by atoms with van der Waals surface area (Å²) in [5.41, 5.74) is 2.61. The molecule has 3 rings (SSSR count). The number of hydrogen-bond donors (Lipinski definition) is 1. The van der Waals surface area contributed by atoms with E-state index in [4.69, 9.17) is 11.6 Å². The van der Waals surface area contributed by atoms with Gasteiger partial charge < -0.3 is 14.8 Å². The fraction of sp³-hybridized carbons (Fsp3) is 0.389. The van der Waals surface area contributed by atoms with E-state index in [-0.39, 0.29) is 11.7 Å². The Bertz CT molecular complexity index is 805. The molecule has 0 aromatic carbocycles. The highest BCUT2D eigenvalue weighted by atomic mass is 35.5. The third-order valence-electron chi connectivity index (χ3n) is 4.61. The topological polar surface area (TPSA) is 69.3 Å². The van der Waals surface area contributed by atoms with Crippen LogP contribution in [0.3, 0.4) is 0 Å². The number of nitrogens with zero attached hydrogens (tertiary/aromatic N) is 3. The smallest absolute Gasteiger partial charge is 0.256 e. The SMILES string of the molecule is CC(=O)c1[nH]c(C)c(C(=O)N2CCN(c3ccc(Cl)cn3)CC2)c1C. The van der Waals surface area contributed by atoms with Crippen molar-refractivity contribution < 1.29 is 9.59 Å². The van der Waals surface area contributed by atoms with Gasteiger partial charge in [0.1, 0.15) is 5.82 Å². The van der Waals surface area contributed by atoms with Gasteiger partial charge in [-0.3, -0.25) is 9.59 Å². The van der Waals surface area contributed by atoms with Gasteiger partial charge in [-0.1, -0.05) is 11.6 Å². The number of nitrogens with one attached hydrogen (secondary N) is 1. The number of amides is 1. The molecular formula is C18H21ClN4O2. The number of halogens is 1. The first kappa shape index (κ1) is 17.5. The van der Waals surface area contributed by atoms with E-state index in [1.54, 1.807) is 6.20 Å². The fourth-order valence-corrected chi connectivity index (χ4v) is 3.39. The van der Waals surface area contributed by atoms with Crippen molar-refractivity contribution in [1.29, 1.82) is 0 Å². The molecule has 0 atom stereocenters. The Morgan fingerprint density at radius 2 is 1.84 bits per heavy atom. The van der Waals surface area contributed by atoms with Crippen LogP contribution in [0.1, 0.15) is 39.0 Å². The fourth-order valence-electron chi connectivity index (χ4n) is 3.27. The molecule has 3 heterocycles. The predicted octanol–water partition coefficient (Wildman–Crippen LogP) is 2.84. The van der Waals surface area contributed by atoms with Crippen LogP contribution in [0.4, 0.5) is 5.82 Å². The number of carbonyl (C=O) groups excluding carboxylic acids is 2. The highest BCUT2D eigenvalue weighted by Crippen LogP contribution is 2.22. The maximum absolute atomic E-state index is 12.9. The summed E-state index contributed by atoms with van der Waals surface area (Å²) in [6, 6.07) is 3.70. The number of aryl methyl sites for hydroxylation is 1. The molecule has 2 aromatic rings. The molecule has 2 aromatic heterocycles. The maximum atomic E-state index is 12.9. The summed E-state index contributed by atoms with van der Waals surface area (Å²) in [5, 5.41) is 0.609. The summed E-state index contributed by atoms with van der Waals surface area (Å²) in [4.78, 5) is 35.9. The highest BCUT2D eigenvalue weighted by Gasteiger charge is 2.27. The Hall–Kier alpha value is -2.34. The van der Waals surface area contributed by atoms with E-state index in [0.717, 1.165) is 17.1 Å². The van der Waals surface area contributed by atoms with Crippen LogP contribution in [0.5, 0.6) is 0 Å². The molecule has 132 valence electrons. The molecule has 25 heavy (non-hydrogen) atoms. The summed E-state index contributed by atoms with van der Waals surface area (Å²) in [6.07, 6.45) is 1.63. The number of aromatic nitrogens is 2. The zero-order valence-electron chi connectivity index (χ0n) is 14.6. The first-order valence-electron chi connectivity index (χ1n) is 8.24. The van der Waals surface area contributed by atoms with Crippen LogP contribution in [0.15, 0.2) is 18.3 Å². The molecule has 0 bridgehead atoms. The molecule has 1 amide bonds. The van der Waals surface area contributed by atoms with Crippen molar-refractivity contribution in [3.05, 3.63) is 45.9 Å². The van der Waals surface area contributed by atoms with Gasteiger partial charge in [0, 0.05) is 45.0 Å². The third-order valence-corrected chi connectivity index (χ3v) is 4.83. The van der Waals surface area contributed by atoms with Gasteiger partial charge in [0.15, 0.2) is 5.78 Å². The molecular weight excluding hydrogens is 340 g/mol. The normalized spacial score (nSPS) is 14.7. The minimum Gasteiger partial charge on any atom is -0.355 e. The average Bonchev–Trinajstić information content (AvgIpc) is 2.90. The van der Waals surface area contributed by atoms with Gasteiger partial charge in [-0.25, -0.2) is 4.98 Å². The largest absolute Gasteiger partial charge is 0.355 e. The van der Waals surface area contributed by atoms with E-state index in [1.807, 2.05) is 30.9 Å². The minimum atomic E-state index is -0.0571. The van der Waals surface area contributed by atoms with Gasteiger partial charge in [-0.15, -0.1) is 0 Å². The van der Waals surface area contributed by atoms with E-state index in [9.17, 15) is 9.59 Å². The van der Waals surface area contributed by atoms with Crippen molar-refractivity contribution in [2.24, 2.45) is 0 Å². The van der Waals surface area contributed by atoms with Crippen LogP contribution < -0.4 is 4.90 Å². The summed E-state index contributed by atoms with van der Waals surface area (Å²) < 4.78 is 0. The van der Waals surface area contributed by atoms with Gasteiger partial charge in [-0.2, -0.15) is 0 Å². The first-order chi connectivity index (χ1) is 11.9. The van der Waals surface area contributed by atoms with Crippen molar-refractivity contribution in [2.45, 2.75) is 20.8 Å². The zero-order chi connectivity index (χ0) is 18.1. The molecule has 7 heteroatoms. The summed E-state index contributed by atoms with van der Waals surface area (Å²) in [5.74, 6) is 0.783. The standard InChI is InChI=1S/C18H21ClN4O2/c1-11-16(12(2)21-17(11)13(3)24)18(25)23-8-6-22(7-9-23)15-5-4-14(19)10-20-15/h4-5,10,21H,6-9H2,1-3H3. The van der Waals surface area contributed by atoms with Gasteiger partial charge in [0.2, 0.25) is 0 Å². The lowest BCUT2D eigenvalue weighted by Gasteiger charge is -2.35. The van der Waals surface area contributed by atoms with Crippen molar-refractivity contribution >= 4 is 29.1 Å². The number of Topliss-reactive ketones (excluding diaryl/α,β-unsaturated/α-hetero) is 1. The number of carbonyl (C=O) groups is 2. The zero-order valence-corrected chi connectivity index (χ0v) is 15.4. The van der Waals surface area contributed by atoms with Crippen molar-refractivity contribution in [3.63, 3.8) is 0 Å². The van der Waals surface area contributed by atoms with Crippen LogP contribution in [-0.4, -0.2) is 52.7 Å². The molecule has 1 saturated heterocycles. The Kier molecular flexibility index (Phi) is 4.81. The monoisotopic (exact) mass is 360 g/mol. The van der Waals surface area contributed by atoms with E-state index in [1.165, 1.54) is 6.92 Å². The summed E-state index contributed by atoms with van der Waals surface area (Å²) >= 11 is 5.88.